The highest BCUT2D eigenvalue weighted by Gasteiger charge is 2.36. The van der Waals surface area contributed by atoms with Gasteiger partial charge in [-0.15, -0.1) is 17.9 Å². The van der Waals surface area contributed by atoms with Gasteiger partial charge in [0.15, 0.2) is 5.13 Å². The molecule has 138 valence electrons. The van der Waals surface area contributed by atoms with Crippen molar-refractivity contribution < 1.29 is 18.0 Å². The molecule has 1 aromatic heterocycles. The maximum absolute atomic E-state index is 13.3. The number of carbonyl (C=O) groups is 1. The van der Waals surface area contributed by atoms with E-state index in [-0.39, 0.29) is 6.54 Å². The lowest BCUT2D eigenvalue weighted by Gasteiger charge is -2.20. The molecule has 0 atom stereocenters. The molecule has 3 rings (SSSR count). The van der Waals surface area contributed by atoms with E-state index in [4.69, 9.17) is 0 Å². The molecule has 0 bridgehead atoms. The first kappa shape index (κ1) is 18.8. The summed E-state index contributed by atoms with van der Waals surface area (Å²) < 4.78 is 39.8. The third kappa shape index (κ3) is 4.09. The lowest BCUT2D eigenvalue weighted by atomic mass is 10.1. The predicted molar refractivity (Wildman–Crippen MR) is 101 cm³/mol. The van der Waals surface area contributed by atoms with Crippen LogP contribution in [-0.4, -0.2) is 17.4 Å². The van der Waals surface area contributed by atoms with E-state index in [9.17, 15) is 18.0 Å². The Morgan fingerprint density at radius 1 is 1.11 bits per heavy atom. The van der Waals surface area contributed by atoms with Gasteiger partial charge in [-0.25, -0.2) is 4.98 Å². The van der Waals surface area contributed by atoms with Crippen LogP contribution in [0, 0.1) is 0 Å². The molecule has 0 fully saturated rings. The minimum Gasteiger partial charge on any atom is -0.280 e. The molecule has 0 saturated heterocycles. The molecule has 0 aliphatic heterocycles. The van der Waals surface area contributed by atoms with Gasteiger partial charge in [-0.05, 0) is 12.1 Å². The van der Waals surface area contributed by atoms with Crippen molar-refractivity contribution in [3.05, 3.63) is 83.8 Å². The molecule has 0 unspecified atom stereocenters. The number of rotatable bonds is 5. The van der Waals surface area contributed by atoms with Crippen LogP contribution in [0.25, 0.3) is 11.3 Å². The number of hydrogen-bond acceptors (Lipinski definition) is 3. The number of nitrogens with zero attached hydrogens (tertiary/aromatic N) is 2. The molecule has 0 radical (unpaired) electrons. The Morgan fingerprint density at radius 3 is 2.44 bits per heavy atom. The average molecular weight is 388 g/mol. The van der Waals surface area contributed by atoms with Crippen LogP contribution in [0.1, 0.15) is 15.9 Å². The number of thiazole rings is 1. The summed E-state index contributed by atoms with van der Waals surface area (Å²) in [5.41, 5.74) is 0.135. The number of halogens is 3. The summed E-state index contributed by atoms with van der Waals surface area (Å²) in [6, 6.07) is 14.1. The number of alkyl halides is 3. The standard InChI is InChI=1S/C20H15F3N2OS/c1-2-12-25(18(26)15-10-6-7-11-16(15)20(21,22)23)19-24-17(13-27-19)14-8-4-3-5-9-14/h2-11,13H,1,12H2. The molecule has 0 N–H and O–H groups in total. The van der Waals surface area contributed by atoms with Gasteiger partial charge in [0, 0.05) is 17.5 Å². The average Bonchev–Trinajstić information content (AvgIpc) is 3.15. The van der Waals surface area contributed by atoms with Crippen molar-refractivity contribution in [2.24, 2.45) is 0 Å². The van der Waals surface area contributed by atoms with E-state index in [0.717, 1.165) is 11.6 Å². The highest BCUT2D eigenvalue weighted by molar-refractivity contribution is 7.14. The van der Waals surface area contributed by atoms with Crippen LogP contribution in [0.2, 0.25) is 0 Å². The van der Waals surface area contributed by atoms with Crippen LogP contribution in [0.15, 0.2) is 72.6 Å². The summed E-state index contributed by atoms with van der Waals surface area (Å²) in [7, 11) is 0. The summed E-state index contributed by atoms with van der Waals surface area (Å²) in [5, 5.41) is 2.08. The molecule has 3 nitrogen and oxygen atoms in total. The zero-order valence-corrected chi connectivity index (χ0v) is 14.9. The third-order valence-electron chi connectivity index (χ3n) is 3.81. The molecule has 27 heavy (non-hydrogen) atoms. The summed E-state index contributed by atoms with van der Waals surface area (Å²) in [5.74, 6) is -0.767. The number of aromatic nitrogens is 1. The summed E-state index contributed by atoms with van der Waals surface area (Å²) >= 11 is 1.19. The van der Waals surface area contributed by atoms with Crippen molar-refractivity contribution >= 4 is 22.4 Å². The molecule has 0 saturated carbocycles. The van der Waals surface area contributed by atoms with Gasteiger partial charge < -0.3 is 0 Å². The van der Waals surface area contributed by atoms with E-state index in [2.05, 4.69) is 11.6 Å². The fourth-order valence-corrected chi connectivity index (χ4v) is 3.41. The number of anilines is 1. The lowest BCUT2D eigenvalue weighted by Crippen LogP contribution is -2.32. The maximum Gasteiger partial charge on any atom is 0.417 e. The minimum absolute atomic E-state index is 0.0484. The van der Waals surface area contributed by atoms with E-state index in [0.29, 0.717) is 10.8 Å². The summed E-state index contributed by atoms with van der Waals surface area (Å²) in [6.07, 6.45) is -3.16. The van der Waals surface area contributed by atoms with Crippen molar-refractivity contribution in [1.82, 2.24) is 4.98 Å². The van der Waals surface area contributed by atoms with Crippen molar-refractivity contribution in [3.8, 4) is 11.3 Å². The van der Waals surface area contributed by atoms with Crippen LogP contribution in [0.5, 0.6) is 0 Å². The van der Waals surface area contributed by atoms with Crippen LogP contribution in [0.4, 0.5) is 18.3 Å². The van der Waals surface area contributed by atoms with Gasteiger partial charge in [0.2, 0.25) is 0 Å². The topological polar surface area (TPSA) is 33.2 Å². The predicted octanol–water partition coefficient (Wildman–Crippen LogP) is 5.66. The van der Waals surface area contributed by atoms with Crippen molar-refractivity contribution in [1.29, 1.82) is 0 Å². The van der Waals surface area contributed by atoms with Gasteiger partial charge in [0.05, 0.1) is 16.8 Å². The van der Waals surface area contributed by atoms with E-state index in [1.54, 1.807) is 5.38 Å². The Hall–Kier alpha value is -2.93. The molecule has 2 aromatic carbocycles. The normalized spacial score (nSPS) is 11.2. The Labute approximate surface area is 158 Å². The van der Waals surface area contributed by atoms with Crippen molar-refractivity contribution in [2.45, 2.75) is 6.18 Å². The van der Waals surface area contributed by atoms with Gasteiger partial charge in [-0.1, -0.05) is 48.5 Å². The number of amides is 1. The van der Waals surface area contributed by atoms with Gasteiger partial charge in [0.1, 0.15) is 0 Å². The second-order valence-electron chi connectivity index (χ2n) is 5.63. The Kier molecular flexibility index (Phi) is 5.41. The molecular weight excluding hydrogens is 373 g/mol. The van der Waals surface area contributed by atoms with Crippen LogP contribution in [-0.2, 0) is 6.18 Å². The smallest absolute Gasteiger partial charge is 0.280 e. The Morgan fingerprint density at radius 2 is 1.78 bits per heavy atom. The number of carbonyl (C=O) groups excluding carboxylic acids is 1. The zero-order valence-electron chi connectivity index (χ0n) is 14.1. The molecule has 1 amide bonds. The first-order valence-electron chi connectivity index (χ1n) is 8.01. The molecule has 0 aliphatic carbocycles. The van der Waals surface area contributed by atoms with Gasteiger partial charge in [-0.2, -0.15) is 13.2 Å². The second kappa shape index (κ2) is 7.75. The SMILES string of the molecule is C=CCN(C(=O)c1ccccc1C(F)(F)F)c1nc(-c2ccccc2)cs1. The van der Waals surface area contributed by atoms with Crippen molar-refractivity contribution in [3.63, 3.8) is 0 Å². The van der Waals surface area contributed by atoms with Crippen LogP contribution < -0.4 is 4.90 Å². The highest BCUT2D eigenvalue weighted by Crippen LogP contribution is 2.34. The van der Waals surface area contributed by atoms with E-state index in [1.807, 2.05) is 30.3 Å². The van der Waals surface area contributed by atoms with Crippen LogP contribution >= 0.6 is 11.3 Å². The minimum atomic E-state index is -4.62. The molecule has 1 heterocycles. The molecule has 0 aliphatic rings. The summed E-state index contributed by atoms with van der Waals surface area (Å²) in [4.78, 5) is 18.5. The first-order valence-corrected chi connectivity index (χ1v) is 8.89. The lowest BCUT2D eigenvalue weighted by molar-refractivity contribution is -0.137. The first-order chi connectivity index (χ1) is 12.9. The zero-order chi connectivity index (χ0) is 19.4. The summed E-state index contributed by atoms with van der Waals surface area (Å²) in [6.45, 7) is 3.65. The fraction of sp³-hybridized carbons (Fsp3) is 0.100. The maximum atomic E-state index is 13.3. The van der Waals surface area contributed by atoms with Crippen LogP contribution in [0.3, 0.4) is 0 Å². The highest BCUT2D eigenvalue weighted by atomic mass is 32.1. The van der Waals surface area contributed by atoms with Crippen molar-refractivity contribution in [2.75, 3.05) is 11.4 Å². The monoisotopic (exact) mass is 388 g/mol. The van der Waals surface area contributed by atoms with Gasteiger partial charge in [-0.3, -0.25) is 9.69 Å². The largest absolute Gasteiger partial charge is 0.417 e. The van der Waals surface area contributed by atoms with Gasteiger partial charge >= 0.3 is 6.18 Å². The van der Waals surface area contributed by atoms with Gasteiger partial charge in [0.25, 0.3) is 5.91 Å². The third-order valence-corrected chi connectivity index (χ3v) is 4.68. The second-order valence-corrected chi connectivity index (χ2v) is 6.47. The number of benzene rings is 2. The Bertz CT molecular complexity index is 951. The van der Waals surface area contributed by atoms with E-state index in [1.165, 1.54) is 40.5 Å². The van der Waals surface area contributed by atoms with E-state index < -0.39 is 23.2 Å². The molecule has 7 heteroatoms. The number of hydrogen-bond donors (Lipinski definition) is 0. The van der Waals surface area contributed by atoms with E-state index >= 15 is 0 Å². The molecular formula is C20H15F3N2OS. The molecule has 0 spiro atoms. The fourth-order valence-electron chi connectivity index (χ4n) is 2.57. The quantitative estimate of drug-likeness (QED) is 0.528. The molecule has 3 aromatic rings. The Balaban J connectivity index is 1.99.